The zero-order chi connectivity index (χ0) is 26.9. The molecule has 0 unspecified atom stereocenters. The van der Waals surface area contributed by atoms with Crippen LogP contribution in [0.2, 0.25) is 0 Å². The molecule has 0 radical (unpaired) electrons. The Kier molecular flexibility index (Phi) is 13.9. The molecule has 1 aliphatic heterocycles. The lowest BCUT2D eigenvalue weighted by Crippen LogP contribution is -2.34. The molecule has 206 valence electrons. The van der Waals surface area contributed by atoms with E-state index >= 15 is 0 Å². The number of aromatic nitrogens is 1. The smallest absolute Gasteiger partial charge is 0.335 e. The number of imide groups is 1. The number of ether oxygens (including phenoxy) is 4. The van der Waals surface area contributed by atoms with Crippen molar-refractivity contribution in [3.8, 4) is 11.8 Å². The number of rotatable bonds is 21. The molecule has 0 saturated heterocycles. The maximum atomic E-state index is 11.8. The molecule has 2 rings (SSSR count). The molecular formula is C23H33N3O11. The largest absolute Gasteiger partial charge is 0.492 e. The molecule has 14 heteroatoms. The Morgan fingerprint density at radius 3 is 1.84 bits per heavy atom. The van der Waals surface area contributed by atoms with Crippen LogP contribution in [0.25, 0.3) is 0 Å². The summed E-state index contributed by atoms with van der Waals surface area (Å²) in [5.41, 5.74) is 0. The molecule has 2 amide bonds. The molecule has 2 heterocycles. The number of hydrogen-bond acceptors (Lipinski definition) is 12. The van der Waals surface area contributed by atoms with Crippen LogP contribution in [0.15, 0.2) is 24.3 Å². The van der Waals surface area contributed by atoms with Crippen LogP contribution >= 0.6 is 0 Å². The number of hydrogen-bond donors (Lipinski definition) is 3. The Morgan fingerprint density at radius 2 is 1.27 bits per heavy atom. The molecular weight excluding hydrogens is 494 g/mol. The molecule has 14 nitrogen and oxygen atoms in total. The molecule has 0 aliphatic carbocycles. The summed E-state index contributed by atoms with van der Waals surface area (Å²) in [6, 6.07) is 2.37. The monoisotopic (exact) mass is 527 g/mol. The van der Waals surface area contributed by atoms with E-state index in [4.69, 9.17) is 23.8 Å². The molecule has 0 saturated carbocycles. The van der Waals surface area contributed by atoms with Gasteiger partial charge in [-0.05, 0) is 0 Å². The predicted octanol–water partition coefficient (Wildman–Crippen LogP) is -1.22. The van der Waals surface area contributed by atoms with Gasteiger partial charge in [-0.2, -0.15) is 0 Å². The third-order valence-corrected chi connectivity index (χ3v) is 4.82. The number of amides is 2. The topological polar surface area (TPSA) is 175 Å². The second kappa shape index (κ2) is 17.2. The zero-order valence-corrected chi connectivity index (χ0v) is 20.5. The lowest BCUT2D eigenvalue weighted by atomic mass is 10.2. The van der Waals surface area contributed by atoms with Crippen LogP contribution in [0.1, 0.15) is 12.8 Å². The number of carbonyl (C=O) groups is 4. The highest BCUT2D eigenvalue weighted by atomic mass is 16.7. The van der Waals surface area contributed by atoms with Crippen molar-refractivity contribution >= 4 is 23.6 Å². The summed E-state index contributed by atoms with van der Waals surface area (Å²) in [7, 11) is 0. The first kappa shape index (κ1) is 29.9. The molecule has 0 bridgehead atoms. The number of carbonyl (C=O) groups excluding carboxylic acids is 4. The molecule has 37 heavy (non-hydrogen) atoms. The Bertz CT molecular complexity index is 878. The van der Waals surface area contributed by atoms with E-state index in [0.29, 0.717) is 50.9 Å². The van der Waals surface area contributed by atoms with Gasteiger partial charge in [0.15, 0.2) is 0 Å². The van der Waals surface area contributed by atoms with Crippen molar-refractivity contribution in [2.75, 3.05) is 72.5 Å². The molecule has 0 spiro atoms. The van der Waals surface area contributed by atoms with Crippen molar-refractivity contribution in [3.05, 3.63) is 24.3 Å². The van der Waals surface area contributed by atoms with Crippen molar-refractivity contribution < 1.29 is 53.2 Å². The maximum Gasteiger partial charge on any atom is 0.335 e. The van der Waals surface area contributed by atoms with Gasteiger partial charge >= 0.3 is 5.97 Å². The normalized spacial score (nSPS) is 13.0. The highest BCUT2D eigenvalue weighted by Crippen LogP contribution is 2.18. The van der Waals surface area contributed by atoms with E-state index in [-0.39, 0.29) is 44.9 Å². The van der Waals surface area contributed by atoms with Crippen LogP contribution < -0.4 is 10.2 Å². The minimum absolute atomic E-state index is 0.0625. The van der Waals surface area contributed by atoms with Crippen LogP contribution in [0, 0.1) is 0 Å². The van der Waals surface area contributed by atoms with Crippen LogP contribution in [-0.2, 0) is 38.1 Å². The van der Waals surface area contributed by atoms with Gasteiger partial charge < -0.3 is 39.3 Å². The van der Waals surface area contributed by atoms with E-state index in [1.165, 1.54) is 24.3 Å². The fourth-order valence-corrected chi connectivity index (χ4v) is 2.91. The molecule has 1 aromatic heterocycles. The first-order valence-corrected chi connectivity index (χ1v) is 11.8. The number of Topliss-reactive ketones (excluding diaryl/α,β-unsaturated/α-hetero) is 1. The Labute approximate surface area is 213 Å². The van der Waals surface area contributed by atoms with Crippen molar-refractivity contribution in [2.45, 2.75) is 12.8 Å². The van der Waals surface area contributed by atoms with Gasteiger partial charge in [0.05, 0.1) is 65.8 Å². The van der Waals surface area contributed by atoms with Gasteiger partial charge in [0, 0.05) is 43.8 Å². The molecule has 0 atom stereocenters. The SMILES string of the molecule is O=C(CCN1C(=O)C=CC1=O)CNCCOCCOCCOCCOCCC(=O)On1c(O)ccc1O. The van der Waals surface area contributed by atoms with E-state index in [9.17, 15) is 29.4 Å². The van der Waals surface area contributed by atoms with E-state index in [0.717, 1.165) is 4.90 Å². The van der Waals surface area contributed by atoms with Crippen LogP contribution in [-0.4, -0.2) is 116 Å². The summed E-state index contributed by atoms with van der Waals surface area (Å²) in [5, 5.41) is 21.7. The molecule has 1 aliphatic rings. The summed E-state index contributed by atoms with van der Waals surface area (Å²) in [6.45, 7) is 3.32. The third kappa shape index (κ3) is 12.0. The lowest BCUT2D eigenvalue weighted by Gasteiger charge is -2.13. The summed E-state index contributed by atoms with van der Waals surface area (Å²) < 4.78 is 22.0. The van der Waals surface area contributed by atoms with Gasteiger partial charge in [0.1, 0.15) is 5.78 Å². The minimum atomic E-state index is -0.675. The second-order valence-electron chi connectivity index (χ2n) is 7.63. The average molecular weight is 528 g/mol. The summed E-state index contributed by atoms with van der Waals surface area (Å²) >= 11 is 0. The second-order valence-corrected chi connectivity index (χ2v) is 7.63. The van der Waals surface area contributed by atoms with Gasteiger partial charge in [0.25, 0.3) is 11.8 Å². The van der Waals surface area contributed by atoms with Crippen molar-refractivity contribution in [3.63, 3.8) is 0 Å². The minimum Gasteiger partial charge on any atom is -0.492 e. The number of nitrogens with zero attached hydrogens (tertiary/aromatic N) is 2. The number of aromatic hydroxyl groups is 2. The molecule has 0 aromatic carbocycles. The van der Waals surface area contributed by atoms with Gasteiger partial charge in [-0.25, -0.2) is 4.79 Å². The first-order valence-electron chi connectivity index (χ1n) is 11.8. The standard InChI is InChI=1S/C23H33N3O11/c27-18(5-8-25-19(28)1-2-20(25)29)17-24-7-10-34-12-14-36-16-15-35-13-11-33-9-6-23(32)37-26-21(30)3-4-22(26)31/h1-4,24,30-31H,5-17H2. The first-order chi connectivity index (χ1) is 17.9. The average Bonchev–Trinajstić information content (AvgIpc) is 3.36. The molecule has 3 N–H and O–H groups in total. The van der Waals surface area contributed by atoms with Crippen molar-refractivity contribution in [1.82, 2.24) is 14.9 Å². The van der Waals surface area contributed by atoms with Crippen LogP contribution in [0.3, 0.4) is 0 Å². The summed E-state index contributed by atoms with van der Waals surface area (Å²) in [4.78, 5) is 52.0. The van der Waals surface area contributed by atoms with E-state index in [1.54, 1.807) is 0 Å². The van der Waals surface area contributed by atoms with Gasteiger partial charge in [-0.3, -0.25) is 19.3 Å². The van der Waals surface area contributed by atoms with Gasteiger partial charge in [0.2, 0.25) is 11.8 Å². The zero-order valence-electron chi connectivity index (χ0n) is 20.5. The number of ketones is 1. The van der Waals surface area contributed by atoms with E-state index in [1.807, 2.05) is 0 Å². The fraction of sp³-hybridized carbons (Fsp3) is 0.565. The van der Waals surface area contributed by atoms with E-state index in [2.05, 4.69) is 5.32 Å². The maximum absolute atomic E-state index is 11.8. The number of nitrogens with one attached hydrogen (secondary N) is 1. The van der Waals surface area contributed by atoms with Crippen LogP contribution in [0.5, 0.6) is 11.8 Å². The summed E-state index contributed by atoms with van der Waals surface area (Å²) in [5.74, 6) is -2.34. The lowest BCUT2D eigenvalue weighted by molar-refractivity contribution is -0.147. The quantitative estimate of drug-likeness (QED) is 0.129. The Hall–Kier alpha value is -3.30. The van der Waals surface area contributed by atoms with Crippen molar-refractivity contribution in [1.29, 1.82) is 0 Å². The predicted molar refractivity (Wildman–Crippen MR) is 126 cm³/mol. The van der Waals surface area contributed by atoms with Crippen LogP contribution in [0.4, 0.5) is 0 Å². The molecule has 1 aromatic rings. The Balaban J connectivity index is 1.29. The highest BCUT2D eigenvalue weighted by Gasteiger charge is 2.23. The highest BCUT2D eigenvalue weighted by molar-refractivity contribution is 6.13. The fourth-order valence-electron chi connectivity index (χ4n) is 2.91. The third-order valence-electron chi connectivity index (χ3n) is 4.82. The van der Waals surface area contributed by atoms with Crippen molar-refractivity contribution in [2.24, 2.45) is 0 Å². The Morgan fingerprint density at radius 1 is 0.757 bits per heavy atom. The molecule has 0 fully saturated rings. The van der Waals surface area contributed by atoms with Gasteiger partial charge in [-0.15, -0.1) is 4.73 Å². The van der Waals surface area contributed by atoms with Gasteiger partial charge in [-0.1, -0.05) is 0 Å². The summed E-state index contributed by atoms with van der Waals surface area (Å²) in [6.07, 6.45) is 2.43. The van der Waals surface area contributed by atoms with E-state index < -0.39 is 29.5 Å².